The number of alkyl halides is 12. The minimum absolute atomic E-state index is 2.03. The Hall–Kier alpha value is -0.880. The summed E-state index contributed by atoms with van der Waals surface area (Å²) >= 11 is 0. The number of halogens is 12. The Morgan fingerprint density at radius 3 is 1.05 bits per heavy atom. The van der Waals surface area contributed by atoms with Crippen LogP contribution in [0.4, 0.5) is 52.7 Å². The average molecular weight is 316 g/mol. The normalized spacial score (nSPS) is 30.9. The van der Waals surface area contributed by atoms with Crippen LogP contribution in [0.3, 0.4) is 0 Å². The lowest BCUT2D eigenvalue weighted by atomic mass is 9.80. The molecular formula is C6F12O. The van der Waals surface area contributed by atoms with E-state index < -0.39 is 35.9 Å². The summed E-state index contributed by atoms with van der Waals surface area (Å²) in [5, 5.41) is 0. The second-order valence-corrected chi connectivity index (χ2v) is 3.45. The Morgan fingerprint density at radius 2 is 0.895 bits per heavy atom. The molecule has 0 aliphatic carbocycles. The molecular weight excluding hydrogens is 316 g/mol. The Morgan fingerprint density at radius 1 is 0.579 bits per heavy atom. The van der Waals surface area contributed by atoms with Gasteiger partial charge in [-0.25, -0.2) is 0 Å². The highest BCUT2D eigenvalue weighted by atomic mass is 19.4. The second kappa shape index (κ2) is 3.41. The third-order valence-corrected chi connectivity index (χ3v) is 2.30. The van der Waals surface area contributed by atoms with Crippen LogP contribution < -0.4 is 0 Å². The molecule has 0 aromatic carbocycles. The van der Waals surface area contributed by atoms with Gasteiger partial charge in [-0.3, -0.25) is 0 Å². The van der Waals surface area contributed by atoms with Gasteiger partial charge in [0.05, 0.1) is 0 Å². The molecule has 1 saturated heterocycles. The van der Waals surface area contributed by atoms with E-state index in [0.717, 1.165) is 0 Å². The summed E-state index contributed by atoms with van der Waals surface area (Å²) < 4.78 is 148. The Balaban J connectivity index is 3.47. The highest BCUT2D eigenvalue weighted by Crippen LogP contribution is 2.70. The van der Waals surface area contributed by atoms with E-state index in [1.165, 1.54) is 0 Å². The maximum absolute atomic E-state index is 12.7. The van der Waals surface area contributed by atoms with Crippen molar-refractivity contribution in [3.05, 3.63) is 0 Å². The molecule has 13 heteroatoms. The predicted molar refractivity (Wildman–Crippen MR) is 30.8 cm³/mol. The number of ether oxygens (including phenoxy) is 1. The lowest BCUT2D eigenvalue weighted by Crippen LogP contribution is -2.88. The zero-order valence-electron chi connectivity index (χ0n) is 7.94. The molecule has 0 spiro atoms. The molecule has 0 N–H and O–H groups in total. The third-order valence-electron chi connectivity index (χ3n) is 2.30. The van der Waals surface area contributed by atoms with Crippen molar-refractivity contribution in [2.45, 2.75) is 35.9 Å². The molecule has 1 rings (SSSR count). The van der Waals surface area contributed by atoms with Crippen molar-refractivity contribution in [3.8, 4) is 0 Å². The average Bonchev–Trinajstić information content (AvgIpc) is 2.06. The van der Waals surface area contributed by atoms with Gasteiger partial charge in [-0.1, -0.05) is 0 Å². The molecule has 0 radical (unpaired) electrons. The molecule has 1 heterocycles. The van der Waals surface area contributed by atoms with E-state index in [2.05, 4.69) is 0 Å². The molecule has 19 heavy (non-hydrogen) atoms. The van der Waals surface area contributed by atoms with Gasteiger partial charge in [0.2, 0.25) is 0 Å². The van der Waals surface area contributed by atoms with Gasteiger partial charge in [0.1, 0.15) is 0 Å². The van der Waals surface area contributed by atoms with Crippen LogP contribution in [0.5, 0.6) is 0 Å². The second-order valence-electron chi connectivity index (χ2n) is 3.45. The highest BCUT2D eigenvalue weighted by Gasteiger charge is 3.03. The fourth-order valence-corrected chi connectivity index (χ4v) is 1.39. The molecule has 114 valence electrons. The van der Waals surface area contributed by atoms with Crippen LogP contribution in [0, 0.1) is 0 Å². The zero-order chi connectivity index (χ0) is 15.7. The van der Waals surface area contributed by atoms with E-state index in [-0.39, 0.29) is 0 Å². The summed E-state index contributed by atoms with van der Waals surface area (Å²) in [6.07, 6.45) is -20.8. The van der Waals surface area contributed by atoms with Gasteiger partial charge in [-0.2, -0.15) is 52.7 Å². The summed E-state index contributed by atoms with van der Waals surface area (Å²) in [6, 6.07) is 0. The summed E-state index contributed by atoms with van der Waals surface area (Å²) in [4.78, 5) is 0. The van der Waals surface area contributed by atoms with E-state index in [4.69, 9.17) is 0 Å². The molecule has 0 aromatic rings. The maximum Gasteiger partial charge on any atom is 0.455 e. The summed E-state index contributed by atoms with van der Waals surface area (Å²) in [5.74, 6) is -13.3. The van der Waals surface area contributed by atoms with Crippen molar-refractivity contribution in [1.82, 2.24) is 0 Å². The van der Waals surface area contributed by atoms with Gasteiger partial charge in [-0.15, -0.1) is 0 Å². The minimum Gasteiger partial charge on any atom is -0.304 e. The predicted octanol–water partition coefficient (Wildman–Crippen LogP) is 3.74. The largest absolute Gasteiger partial charge is 0.455 e. The zero-order valence-corrected chi connectivity index (χ0v) is 7.94. The van der Waals surface area contributed by atoms with E-state index in [0.29, 0.717) is 0 Å². The number of hydrogen-bond acceptors (Lipinski definition) is 1. The molecule has 0 saturated carbocycles. The first-order valence-electron chi connectivity index (χ1n) is 3.93. The van der Waals surface area contributed by atoms with Crippen LogP contribution in [0.15, 0.2) is 0 Å². The Labute approximate surface area is 94.7 Å². The van der Waals surface area contributed by atoms with Gasteiger partial charge in [0, 0.05) is 0 Å². The molecule has 0 unspecified atom stereocenters. The van der Waals surface area contributed by atoms with Crippen LogP contribution >= 0.6 is 0 Å². The molecule has 1 nitrogen and oxygen atoms in total. The van der Waals surface area contributed by atoms with E-state index in [1.807, 2.05) is 4.74 Å². The lowest BCUT2D eigenvalue weighted by molar-refractivity contribution is -0.605. The first-order chi connectivity index (χ1) is 7.96. The molecule has 1 fully saturated rings. The van der Waals surface area contributed by atoms with Gasteiger partial charge < -0.3 is 4.74 Å². The van der Waals surface area contributed by atoms with E-state index in [9.17, 15) is 52.7 Å². The topological polar surface area (TPSA) is 9.23 Å². The number of hydrogen-bond donors (Lipinski definition) is 0. The van der Waals surface area contributed by atoms with Crippen molar-refractivity contribution in [2.24, 2.45) is 0 Å². The third kappa shape index (κ3) is 1.56. The maximum atomic E-state index is 12.7. The monoisotopic (exact) mass is 316 g/mol. The SMILES string of the molecule is FC(F)(F)C1(C(F)(F)F)O[C@](F)(C(F)(F)F)C1(F)F. The fourth-order valence-electron chi connectivity index (χ4n) is 1.39. The Bertz CT molecular complexity index is 359. The van der Waals surface area contributed by atoms with E-state index in [1.54, 1.807) is 0 Å². The van der Waals surface area contributed by atoms with Gasteiger partial charge in [-0.05, 0) is 0 Å². The van der Waals surface area contributed by atoms with Gasteiger partial charge >= 0.3 is 35.9 Å². The van der Waals surface area contributed by atoms with Crippen molar-refractivity contribution in [2.75, 3.05) is 0 Å². The van der Waals surface area contributed by atoms with Crippen molar-refractivity contribution in [1.29, 1.82) is 0 Å². The van der Waals surface area contributed by atoms with Crippen LogP contribution in [0.1, 0.15) is 0 Å². The van der Waals surface area contributed by atoms with Crippen LogP contribution in [-0.2, 0) is 4.74 Å². The van der Waals surface area contributed by atoms with Gasteiger partial charge in [0.25, 0.3) is 0 Å². The van der Waals surface area contributed by atoms with Crippen molar-refractivity contribution in [3.63, 3.8) is 0 Å². The highest BCUT2D eigenvalue weighted by molar-refractivity contribution is 5.22. The van der Waals surface area contributed by atoms with Crippen molar-refractivity contribution < 1.29 is 57.4 Å². The molecule has 1 atom stereocenters. The standard InChI is InChI=1S/C6F12O/c7-2(8)1(4(10,11)12,5(13,14)15)19-3(2,9)6(16,17)18/t3-/m0/s1. The van der Waals surface area contributed by atoms with Crippen molar-refractivity contribution >= 4 is 0 Å². The molecule has 0 aromatic heterocycles. The fraction of sp³-hybridized carbons (Fsp3) is 1.00. The summed E-state index contributed by atoms with van der Waals surface area (Å²) in [5.41, 5.74) is -6.54. The summed E-state index contributed by atoms with van der Waals surface area (Å²) in [6.45, 7) is 0. The molecule has 1 aliphatic rings. The lowest BCUT2D eigenvalue weighted by Gasteiger charge is -2.56. The van der Waals surface area contributed by atoms with Crippen LogP contribution in [0.2, 0.25) is 0 Å². The smallest absolute Gasteiger partial charge is 0.304 e. The molecule has 1 aliphatic heterocycles. The summed E-state index contributed by atoms with van der Waals surface area (Å²) in [7, 11) is 0. The van der Waals surface area contributed by atoms with Crippen LogP contribution in [-0.4, -0.2) is 35.9 Å². The minimum atomic E-state index is -7.00. The van der Waals surface area contributed by atoms with Crippen LogP contribution in [0.25, 0.3) is 0 Å². The first kappa shape index (κ1) is 16.2. The Kier molecular flexibility index (Phi) is 2.90. The first-order valence-corrected chi connectivity index (χ1v) is 3.93. The number of rotatable bonds is 0. The molecule has 0 bridgehead atoms. The van der Waals surface area contributed by atoms with Gasteiger partial charge in [0.15, 0.2) is 0 Å². The molecule has 0 amide bonds. The quantitative estimate of drug-likeness (QED) is 0.619. The van der Waals surface area contributed by atoms with E-state index >= 15 is 0 Å².